The first kappa shape index (κ1) is 13.6. The molecule has 0 spiro atoms. The quantitative estimate of drug-likeness (QED) is 0.577. The maximum absolute atomic E-state index is 4.24. The van der Waals surface area contributed by atoms with E-state index in [0.717, 1.165) is 22.6 Å². The van der Waals surface area contributed by atoms with Gasteiger partial charge in [0.2, 0.25) is 0 Å². The lowest BCUT2D eigenvalue weighted by atomic mass is 10.0. The molecule has 0 radical (unpaired) electrons. The Kier molecular flexibility index (Phi) is 3.35. The number of hydrogen-bond donors (Lipinski definition) is 0. The van der Waals surface area contributed by atoms with Gasteiger partial charge in [0.1, 0.15) is 5.82 Å². The number of rotatable bonds is 3. The first-order chi connectivity index (χ1) is 11.3. The Hall–Kier alpha value is -3.01. The van der Waals surface area contributed by atoms with E-state index in [1.165, 1.54) is 10.8 Å². The average molecular weight is 300 g/mol. The number of aromatic nitrogens is 4. The molecule has 2 aromatic heterocycles. The second kappa shape index (κ2) is 5.65. The fourth-order valence-corrected chi connectivity index (χ4v) is 2.76. The Balaban J connectivity index is 1.70. The first-order valence-electron chi connectivity index (χ1n) is 7.58. The summed E-state index contributed by atoms with van der Waals surface area (Å²) in [6, 6.07) is 16.9. The van der Waals surface area contributed by atoms with Crippen molar-refractivity contribution >= 4 is 10.8 Å². The third-order valence-corrected chi connectivity index (χ3v) is 4.04. The molecule has 23 heavy (non-hydrogen) atoms. The van der Waals surface area contributed by atoms with Crippen LogP contribution in [0.1, 0.15) is 11.5 Å². The molecule has 0 amide bonds. The fourth-order valence-electron chi connectivity index (χ4n) is 2.76. The van der Waals surface area contributed by atoms with Crippen molar-refractivity contribution in [2.75, 3.05) is 0 Å². The summed E-state index contributed by atoms with van der Waals surface area (Å²) >= 11 is 0. The minimum Gasteiger partial charge on any atom is -0.329 e. The van der Waals surface area contributed by atoms with Crippen molar-refractivity contribution in [3.63, 3.8) is 0 Å². The molecule has 112 valence electrons. The largest absolute Gasteiger partial charge is 0.329 e. The fraction of sp³-hybridized carbons (Fsp3) is 0.105. The van der Waals surface area contributed by atoms with Gasteiger partial charge < -0.3 is 4.57 Å². The van der Waals surface area contributed by atoms with Gasteiger partial charge in [-0.1, -0.05) is 36.4 Å². The number of benzene rings is 2. The van der Waals surface area contributed by atoms with Crippen molar-refractivity contribution in [2.45, 2.75) is 13.5 Å². The van der Waals surface area contributed by atoms with Gasteiger partial charge in [-0.2, -0.15) is 10.2 Å². The van der Waals surface area contributed by atoms with Crippen molar-refractivity contribution in [1.82, 2.24) is 19.7 Å². The third-order valence-electron chi connectivity index (χ3n) is 4.04. The Morgan fingerprint density at radius 2 is 1.83 bits per heavy atom. The van der Waals surface area contributed by atoms with Crippen LogP contribution in [0.15, 0.2) is 67.1 Å². The van der Waals surface area contributed by atoms with E-state index in [-0.39, 0.29) is 0 Å². The summed E-state index contributed by atoms with van der Waals surface area (Å²) in [6.07, 6.45) is 5.57. The molecule has 2 heterocycles. The average Bonchev–Trinajstić information content (AvgIpc) is 2.99. The van der Waals surface area contributed by atoms with Crippen LogP contribution >= 0.6 is 0 Å². The maximum atomic E-state index is 4.24. The molecule has 0 unspecified atom stereocenters. The van der Waals surface area contributed by atoms with Crippen LogP contribution in [0, 0.1) is 6.92 Å². The lowest BCUT2D eigenvalue weighted by Gasteiger charge is -2.07. The number of imidazole rings is 1. The highest BCUT2D eigenvalue weighted by molar-refractivity contribution is 5.87. The summed E-state index contributed by atoms with van der Waals surface area (Å²) in [7, 11) is 0. The minimum absolute atomic E-state index is 0.681. The van der Waals surface area contributed by atoms with Crippen LogP contribution in [-0.4, -0.2) is 19.7 Å². The minimum atomic E-state index is 0.681. The second-order valence-corrected chi connectivity index (χ2v) is 5.60. The van der Waals surface area contributed by atoms with E-state index >= 15 is 0 Å². The molecule has 4 heteroatoms. The van der Waals surface area contributed by atoms with Gasteiger partial charge in [-0.05, 0) is 35.4 Å². The smallest absolute Gasteiger partial charge is 0.105 e. The highest BCUT2D eigenvalue weighted by atomic mass is 15.1. The summed E-state index contributed by atoms with van der Waals surface area (Å²) in [6.45, 7) is 2.67. The van der Waals surface area contributed by atoms with Crippen LogP contribution in [0.2, 0.25) is 0 Å². The van der Waals surface area contributed by atoms with Gasteiger partial charge >= 0.3 is 0 Å². The zero-order valence-electron chi connectivity index (χ0n) is 12.8. The molecule has 0 fully saturated rings. The monoisotopic (exact) mass is 300 g/mol. The maximum Gasteiger partial charge on any atom is 0.105 e. The predicted molar refractivity (Wildman–Crippen MR) is 91.0 cm³/mol. The number of hydrogen-bond acceptors (Lipinski definition) is 3. The molecular formula is C19H16N4. The molecule has 0 saturated heterocycles. The van der Waals surface area contributed by atoms with Gasteiger partial charge in [0.05, 0.1) is 18.4 Å². The molecule has 0 aliphatic heterocycles. The van der Waals surface area contributed by atoms with E-state index in [1.807, 2.05) is 19.3 Å². The van der Waals surface area contributed by atoms with Crippen molar-refractivity contribution < 1.29 is 0 Å². The SMILES string of the molecule is Cc1nccn1Cc1cc(-c2ccc3ccccc3c2)cnn1. The molecule has 0 aliphatic rings. The van der Waals surface area contributed by atoms with E-state index in [2.05, 4.69) is 68.3 Å². The first-order valence-corrected chi connectivity index (χ1v) is 7.58. The van der Waals surface area contributed by atoms with E-state index in [1.54, 1.807) is 6.20 Å². The van der Waals surface area contributed by atoms with Gasteiger partial charge in [0, 0.05) is 18.0 Å². The van der Waals surface area contributed by atoms with Crippen molar-refractivity contribution in [1.29, 1.82) is 0 Å². The van der Waals surface area contributed by atoms with Gasteiger partial charge in [0.25, 0.3) is 0 Å². The molecule has 0 bridgehead atoms. The standard InChI is InChI=1S/C19H16N4/c1-14-20-8-9-23(14)13-19-11-18(12-21-22-19)17-7-6-15-4-2-3-5-16(15)10-17/h2-12H,13H2,1H3. The van der Waals surface area contributed by atoms with Crippen LogP contribution in [0.3, 0.4) is 0 Å². The lowest BCUT2D eigenvalue weighted by Crippen LogP contribution is -2.04. The Bertz CT molecular complexity index is 972. The molecule has 0 N–H and O–H groups in total. The second-order valence-electron chi connectivity index (χ2n) is 5.60. The molecule has 0 atom stereocenters. The topological polar surface area (TPSA) is 43.6 Å². The molecule has 2 aromatic carbocycles. The summed E-state index contributed by atoms with van der Waals surface area (Å²) in [5, 5.41) is 10.9. The van der Waals surface area contributed by atoms with Gasteiger partial charge in [-0.25, -0.2) is 4.98 Å². The van der Waals surface area contributed by atoms with Gasteiger partial charge in [0.15, 0.2) is 0 Å². The molecule has 4 nitrogen and oxygen atoms in total. The third kappa shape index (κ3) is 2.71. The molecule has 0 aliphatic carbocycles. The van der Waals surface area contributed by atoms with Crippen LogP contribution in [-0.2, 0) is 6.54 Å². The predicted octanol–water partition coefficient (Wildman–Crippen LogP) is 3.85. The van der Waals surface area contributed by atoms with E-state index in [0.29, 0.717) is 6.54 Å². The molecule has 0 saturated carbocycles. The normalized spacial score (nSPS) is 11.0. The van der Waals surface area contributed by atoms with Gasteiger partial charge in [-0.15, -0.1) is 0 Å². The summed E-state index contributed by atoms with van der Waals surface area (Å²) in [5.41, 5.74) is 3.16. The molecule has 4 rings (SSSR count). The Morgan fingerprint density at radius 1 is 0.957 bits per heavy atom. The van der Waals surface area contributed by atoms with Crippen LogP contribution < -0.4 is 0 Å². The Labute approximate surface area is 134 Å². The van der Waals surface area contributed by atoms with E-state index in [4.69, 9.17) is 0 Å². The van der Waals surface area contributed by atoms with Crippen molar-refractivity contribution in [3.05, 3.63) is 78.6 Å². The number of aryl methyl sites for hydroxylation is 1. The zero-order chi connectivity index (χ0) is 15.6. The highest BCUT2D eigenvalue weighted by Crippen LogP contribution is 2.24. The van der Waals surface area contributed by atoms with Crippen molar-refractivity contribution in [3.8, 4) is 11.1 Å². The molecular weight excluding hydrogens is 284 g/mol. The van der Waals surface area contributed by atoms with E-state index in [9.17, 15) is 0 Å². The van der Waals surface area contributed by atoms with E-state index < -0.39 is 0 Å². The zero-order valence-corrected chi connectivity index (χ0v) is 12.8. The Morgan fingerprint density at radius 3 is 2.65 bits per heavy atom. The number of fused-ring (bicyclic) bond motifs is 1. The lowest BCUT2D eigenvalue weighted by molar-refractivity contribution is 0.727. The van der Waals surface area contributed by atoms with Crippen LogP contribution in [0.4, 0.5) is 0 Å². The summed E-state index contributed by atoms with van der Waals surface area (Å²) in [4.78, 5) is 4.24. The van der Waals surface area contributed by atoms with Gasteiger partial charge in [-0.3, -0.25) is 0 Å². The highest BCUT2D eigenvalue weighted by Gasteiger charge is 2.05. The number of nitrogens with zero attached hydrogens (tertiary/aromatic N) is 4. The summed E-state index contributed by atoms with van der Waals surface area (Å²) in [5.74, 6) is 0.975. The summed E-state index contributed by atoms with van der Waals surface area (Å²) < 4.78 is 2.06. The van der Waals surface area contributed by atoms with Crippen molar-refractivity contribution in [2.24, 2.45) is 0 Å². The van der Waals surface area contributed by atoms with Crippen LogP contribution in [0.5, 0.6) is 0 Å². The van der Waals surface area contributed by atoms with Crippen LogP contribution in [0.25, 0.3) is 21.9 Å². The molecule has 4 aromatic rings.